The molecule has 10 nitrogen and oxygen atoms in total. The number of hydrogen-bond donors (Lipinski definition) is 3. The standard InChI is InChI=1S/C17H24O2.C13H27NOS.C11H21NOS.C9H19N.C7H12O.C4H11NOS.3H2S/c1-2-14(15-9-5-3-6-10-15)13-17(18)19-16-11-7-4-8-12-16;1-5-12(11-9-7-6-8-10-11)14-16(15)13(2,3)4;1-11(2,3)14(13)12-9-10-7-5-4-6-8-10;1-2-9(10)8-6-4-3-5-7-8;8-6-7-4-2-1-3-5-7;1-4(2,3)7(5)6;;;/h4,7-8,11-12,14-15H,2-3,5-6,9-10,13H2,1H3;11-12,14H,5-10H2,1-4H3;9-10H,4-8H2,1-3H3;8-9H,2-7,10H2,1H3;6-7H,1-5H2;5H2,1-3H3;3*1H2/t14-;12-,16?;;9-;;;;;/m01.1...../s1. The number of nitrogens with two attached hydrogens (primary N) is 2. The number of carbonyl (C=O) groups is 2. The number of ether oxygens (including phenoxy) is 1. The van der Waals surface area contributed by atoms with E-state index < -0.39 is 33.0 Å². The molecule has 0 saturated heterocycles. The van der Waals surface area contributed by atoms with Crippen LogP contribution < -0.4 is 20.3 Å². The first-order valence-corrected chi connectivity index (χ1v) is 33.2. The van der Waals surface area contributed by atoms with Crippen molar-refractivity contribution in [1.29, 1.82) is 0 Å². The molecule has 0 aromatic heterocycles. The SMILES string of the molecule is CC(C)(C)S(=O)N=CC1CCCCC1.CC(C)(C)S(N)=O.CC[C@@H](CC(=O)Oc1ccccc1)C1CCCCC1.CC[C@@H](N)C1CCCCC1.CC[C@@H](NS(=O)C(C)(C)C)C1CCCCC1.O=CC1CCCCC1.S.S.S. The zero-order chi connectivity index (χ0) is 55.6. The molecule has 1 aromatic carbocycles. The smallest absolute Gasteiger partial charge is 0.311 e. The first-order valence-electron chi connectivity index (χ1n) is 29.7. The van der Waals surface area contributed by atoms with Crippen LogP contribution in [-0.2, 0) is 42.5 Å². The molecule has 6 atom stereocenters. The van der Waals surface area contributed by atoms with Gasteiger partial charge in [0.15, 0.2) is 0 Å². The summed E-state index contributed by atoms with van der Waals surface area (Å²) in [7, 11) is -3.17. The molecule has 0 aliphatic heterocycles. The predicted molar refractivity (Wildman–Crippen MR) is 352 cm³/mol. The van der Waals surface area contributed by atoms with Crippen LogP contribution in [0.2, 0.25) is 0 Å². The van der Waals surface area contributed by atoms with E-state index in [0.717, 1.165) is 56.1 Å². The van der Waals surface area contributed by atoms with Gasteiger partial charge >= 0.3 is 5.97 Å². The van der Waals surface area contributed by atoms with Crippen molar-refractivity contribution in [2.24, 2.45) is 50.8 Å². The Morgan fingerprint density at radius 2 is 1.00 bits per heavy atom. The van der Waals surface area contributed by atoms with Crippen LogP contribution in [0.25, 0.3) is 0 Å². The highest BCUT2D eigenvalue weighted by Gasteiger charge is 2.28. The third-order valence-electron chi connectivity index (χ3n) is 15.4. The fourth-order valence-electron chi connectivity index (χ4n) is 10.2. The van der Waals surface area contributed by atoms with Crippen LogP contribution in [0.1, 0.15) is 269 Å². The number of hydrogen-bond acceptors (Lipinski definition) is 7. The highest BCUT2D eigenvalue weighted by molar-refractivity contribution is 7.85. The Morgan fingerprint density at radius 3 is 1.35 bits per heavy atom. The zero-order valence-corrected chi connectivity index (χ0v) is 56.4. The van der Waals surface area contributed by atoms with Crippen LogP contribution >= 0.6 is 40.5 Å². The van der Waals surface area contributed by atoms with Crippen molar-refractivity contribution >= 4 is 91.9 Å². The lowest BCUT2D eigenvalue weighted by molar-refractivity contribution is -0.136. The average Bonchev–Trinajstić information content (AvgIpc) is 3.40. The van der Waals surface area contributed by atoms with Crippen LogP contribution in [0.3, 0.4) is 0 Å². The summed E-state index contributed by atoms with van der Waals surface area (Å²) in [6.07, 6.45) is 39.9. The van der Waals surface area contributed by atoms with E-state index in [9.17, 15) is 22.2 Å². The van der Waals surface area contributed by atoms with Gasteiger partial charge in [-0.15, -0.1) is 0 Å². The first-order chi connectivity index (χ1) is 35.0. The van der Waals surface area contributed by atoms with Gasteiger partial charge in [0.25, 0.3) is 0 Å². The van der Waals surface area contributed by atoms with E-state index in [2.05, 4.69) is 29.9 Å². The summed E-state index contributed by atoms with van der Waals surface area (Å²) in [6, 6.07) is 10.3. The van der Waals surface area contributed by atoms with Crippen LogP contribution in [-0.4, -0.2) is 57.4 Å². The summed E-state index contributed by atoms with van der Waals surface area (Å²) in [5.74, 6) is 4.37. The molecule has 0 heterocycles. The van der Waals surface area contributed by atoms with Gasteiger partial charge in [0, 0.05) is 30.6 Å². The molecule has 5 saturated carbocycles. The van der Waals surface area contributed by atoms with Crippen LogP contribution in [0.15, 0.2) is 34.7 Å². The molecule has 5 aliphatic carbocycles. The normalized spacial score (nSPS) is 20.4. The molecule has 5 aliphatic rings. The summed E-state index contributed by atoms with van der Waals surface area (Å²) >= 11 is 0. The molecule has 5 N–H and O–H groups in total. The zero-order valence-electron chi connectivity index (χ0n) is 50.9. The van der Waals surface area contributed by atoms with Gasteiger partial charge in [-0.1, -0.05) is 155 Å². The highest BCUT2D eigenvalue weighted by atomic mass is 32.2. The average molecular weight is 1200 g/mol. The largest absolute Gasteiger partial charge is 0.427 e. The van der Waals surface area contributed by atoms with Crippen LogP contribution in [0.4, 0.5) is 0 Å². The number of aldehydes is 1. The molecule has 0 amide bonds. The van der Waals surface area contributed by atoms with Crippen molar-refractivity contribution in [3.63, 3.8) is 0 Å². The minimum atomic E-state index is -1.18. The molecule has 6 rings (SSSR count). The number of carbonyl (C=O) groups excluding carboxylic acids is 2. The number of benzene rings is 1. The summed E-state index contributed by atoms with van der Waals surface area (Å²) < 4.78 is 46.3. The van der Waals surface area contributed by atoms with Gasteiger partial charge < -0.3 is 15.3 Å². The lowest BCUT2D eigenvalue weighted by atomic mass is 9.77. The molecule has 16 heteroatoms. The molecule has 0 radical (unpaired) electrons. The Kier molecular flexibility index (Phi) is 48.0. The second-order valence-corrected chi connectivity index (χ2v) is 30.6. The van der Waals surface area contributed by atoms with Crippen molar-refractivity contribution in [1.82, 2.24) is 4.72 Å². The molecular formula is C61H120N4O6S6. The summed E-state index contributed by atoms with van der Waals surface area (Å²) in [4.78, 5) is 22.2. The maximum atomic E-state index is 12.1. The van der Waals surface area contributed by atoms with Gasteiger partial charge in [0.05, 0.1) is 36.2 Å². The maximum absolute atomic E-state index is 12.1. The molecule has 0 spiro atoms. The Bertz CT molecular complexity index is 1690. The summed E-state index contributed by atoms with van der Waals surface area (Å²) in [6.45, 7) is 24.1. The van der Waals surface area contributed by atoms with Crippen molar-refractivity contribution in [2.75, 3.05) is 0 Å². The Labute approximate surface area is 502 Å². The van der Waals surface area contributed by atoms with Crippen molar-refractivity contribution in [3.05, 3.63) is 30.3 Å². The molecule has 0 bridgehead atoms. The number of nitrogens with zero attached hydrogens (tertiary/aromatic N) is 1. The van der Waals surface area contributed by atoms with E-state index in [1.54, 1.807) is 0 Å². The fourth-order valence-corrected chi connectivity index (χ4v) is 11.8. The van der Waals surface area contributed by atoms with E-state index >= 15 is 0 Å². The van der Waals surface area contributed by atoms with E-state index in [4.69, 9.17) is 15.6 Å². The third-order valence-corrected chi connectivity index (χ3v) is 19.6. The van der Waals surface area contributed by atoms with E-state index in [-0.39, 0.29) is 60.7 Å². The lowest BCUT2D eigenvalue weighted by Crippen LogP contribution is -2.43. The van der Waals surface area contributed by atoms with Gasteiger partial charge in [0.2, 0.25) is 0 Å². The van der Waals surface area contributed by atoms with Gasteiger partial charge in [-0.05, 0) is 168 Å². The second kappa shape index (κ2) is 45.9. The van der Waals surface area contributed by atoms with Crippen LogP contribution in [0.5, 0.6) is 5.75 Å². The van der Waals surface area contributed by atoms with Gasteiger partial charge in [0.1, 0.15) is 23.0 Å². The van der Waals surface area contributed by atoms with Crippen molar-refractivity contribution in [2.45, 2.75) is 296 Å². The summed E-state index contributed by atoms with van der Waals surface area (Å²) in [5, 5.41) is 5.04. The molecule has 77 heavy (non-hydrogen) atoms. The predicted octanol–water partition coefficient (Wildman–Crippen LogP) is 15.9. The van der Waals surface area contributed by atoms with Gasteiger partial charge in [-0.3, -0.25) is 9.93 Å². The minimum Gasteiger partial charge on any atom is -0.427 e. The number of nitrogens with one attached hydrogen (secondary N) is 1. The fraction of sp³-hybridized carbons (Fsp3) is 0.852. The monoisotopic (exact) mass is 1200 g/mol. The third kappa shape index (κ3) is 38.7. The maximum Gasteiger partial charge on any atom is 0.311 e. The first kappa shape index (κ1) is 80.6. The Morgan fingerprint density at radius 1 is 0.597 bits per heavy atom. The molecule has 3 unspecified atom stereocenters. The van der Waals surface area contributed by atoms with E-state index in [0.29, 0.717) is 42.0 Å². The number of rotatable bonds is 14. The quantitative estimate of drug-likeness (QED) is 0.0720. The second-order valence-electron chi connectivity index (χ2n) is 24.9. The van der Waals surface area contributed by atoms with Gasteiger partial charge in [-0.25, -0.2) is 17.3 Å². The molecule has 5 fully saturated rings. The highest BCUT2D eigenvalue weighted by Crippen LogP contribution is 2.34. The number of para-hydroxylation sites is 1. The minimum absolute atomic E-state index is 0. The summed E-state index contributed by atoms with van der Waals surface area (Å²) in [5.41, 5.74) is 5.95. The Balaban J connectivity index is -0.000000873. The molecular weight excluding hydrogens is 1080 g/mol. The lowest BCUT2D eigenvalue weighted by Gasteiger charge is -2.32. The topological polar surface area (TPSA) is 171 Å². The van der Waals surface area contributed by atoms with E-state index in [1.165, 1.54) is 148 Å². The molecule has 1 aromatic rings. The number of esters is 1. The van der Waals surface area contributed by atoms with Crippen molar-refractivity contribution < 1.29 is 27.0 Å². The molecule has 456 valence electrons. The Hall–Kier alpha value is -0.590. The van der Waals surface area contributed by atoms with Crippen LogP contribution in [0, 0.1) is 35.5 Å². The van der Waals surface area contributed by atoms with Crippen molar-refractivity contribution in [3.8, 4) is 5.75 Å². The van der Waals surface area contributed by atoms with E-state index in [1.807, 2.05) is 98.9 Å². The van der Waals surface area contributed by atoms with Gasteiger partial charge in [-0.2, -0.15) is 44.9 Å².